The number of benzene rings is 2. The number of fused-ring (bicyclic) bond motifs is 1. The number of carbonyl (C=O) groups excluding carboxylic acids is 1. The molecule has 27 heavy (non-hydrogen) atoms. The molecule has 0 bridgehead atoms. The first-order valence-corrected chi connectivity index (χ1v) is 9.91. The third kappa shape index (κ3) is 4.62. The van der Waals surface area contributed by atoms with Crippen molar-refractivity contribution in [3.63, 3.8) is 0 Å². The molecule has 3 rings (SSSR count). The third-order valence-electron chi connectivity index (χ3n) is 3.62. The Morgan fingerprint density at radius 1 is 1.33 bits per heavy atom. The number of hydrogen-bond acceptors (Lipinski definition) is 5. The minimum absolute atomic E-state index is 0.194. The van der Waals surface area contributed by atoms with Crippen LogP contribution in [0.15, 0.2) is 50.4 Å². The lowest BCUT2D eigenvalue weighted by Gasteiger charge is -2.11. The van der Waals surface area contributed by atoms with Gasteiger partial charge in [0, 0.05) is 9.86 Å². The van der Waals surface area contributed by atoms with E-state index in [-0.39, 0.29) is 5.76 Å². The van der Waals surface area contributed by atoms with Crippen LogP contribution >= 0.6 is 38.5 Å². The van der Waals surface area contributed by atoms with Gasteiger partial charge in [-0.15, -0.1) is 0 Å². The number of nitrogens with zero attached hydrogens (tertiary/aromatic N) is 1. The molecule has 0 radical (unpaired) electrons. The highest BCUT2D eigenvalue weighted by Crippen LogP contribution is 2.33. The summed E-state index contributed by atoms with van der Waals surface area (Å²) in [5.41, 5.74) is 3.89. The number of halogens is 2. The number of hydrogen-bond donors (Lipinski definition) is 1. The highest BCUT2D eigenvalue weighted by molar-refractivity contribution is 14.1. The van der Waals surface area contributed by atoms with E-state index in [1.54, 1.807) is 31.5 Å². The Morgan fingerprint density at radius 2 is 2.15 bits per heavy atom. The van der Waals surface area contributed by atoms with Crippen LogP contribution in [0, 0.1) is 3.57 Å². The van der Waals surface area contributed by atoms with Crippen molar-refractivity contribution in [3.8, 4) is 11.5 Å². The van der Waals surface area contributed by atoms with Gasteiger partial charge < -0.3 is 13.9 Å². The highest BCUT2D eigenvalue weighted by atomic mass is 127. The Balaban J connectivity index is 1.75. The Hall–Kier alpha value is -2.07. The zero-order chi connectivity index (χ0) is 19.4. The first-order valence-electron chi connectivity index (χ1n) is 8.04. The summed E-state index contributed by atoms with van der Waals surface area (Å²) in [6, 6.07) is 10.9. The molecule has 0 atom stereocenters. The van der Waals surface area contributed by atoms with Crippen LogP contribution in [0.2, 0.25) is 0 Å². The molecule has 0 aliphatic heterocycles. The van der Waals surface area contributed by atoms with Gasteiger partial charge in [0.1, 0.15) is 5.58 Å². The molecule has 0 aliphatic rings. The molecule has 0 aliphatic carbocycles. The fourth-order valence-electron chi connectivity index (χ4n) is 2.47. The molecule has 3 aromatic rings. The van der Waals surface area contributed by atoms with Gasteiger partial charge in [-0.1, -0.05) is 15.9 Å². The molecule has 0 saturated heterocycles. The Kier molecular flexibility index (Phi) is 6.38. The first kappa shape index (κ1) is 19.7. The molecule has 6 nitrogen and oxygen atoms in total. The van der Waals surface area contributed by atoms with Gasteiger partial charge in [0.2, 0.25) is 0 Å². The molecule has 8 heteroatoms. The monoisotopic (exact) mass is 542 g/mol. The molecule has 1 N–H and O–H groups in total. The summed E-state index contributed by atoms with van der Waals surface area (Å²) in [4.78, 5) is 12.2. The molecule has 2 aromatic carbocycles. The predicted molar refractivity (Wildman–Crippen MR) is 116 cm³/mol. The summed E-state index contributed by atoms with van der Waals surface area (Å²) < 4.78 is 18.3. The maximum atomic E-state index is 12.2. The van der Waals surface area contributed by atoms with Crippen molar-refractivity contribution in [1.82, 2.24) is 5.43 Å². The van der Waals surface area contributed by atoms with E-state index in [1.165, 1.54) is 0 Å². The smallest absolute Gasteiger partial charge is 0.307 e. The van der Waals surface area contributed by atoms with Crippen molar-refractivity contribution >= 4 is 61.6 Å². The molecule has 140 valence electrons. The SMILES string of the molecule is CCOc1cc(/C=N/NC(=O)c2cc3cc(Br)ccc3o2)cc(I)c1OC. The number of amides is 1. The van der Waals surface area contributed by atoms with Gasteiger partial charge in [-0.3, -0.25) is 4.79 Å². The minimum Gasteiger partial charge on any atom is -0.492 e. The minimum atomic E-state index is -0.424. The number of hydrazone groups is 1. The van der Waals surface area contributed by atoms with Gasteiger partial charge in [-0.2, -0.15) is 5.10 Å². The van der Waals surface area contributed by atoms with Gasteiger partial charge in [-0.25, -0.2) is 5.43 Å². The average molecular weight is 543 g/mol. The van der Waals surface area contributed by atoms with Gasteiger partial charge in [0.25, 0.3) is 0 Å². The summed E-state index contributed by atoms with van der Waals surface area (Å²) in [5, 5.41) is 4.85. The van der Waals surface area contributed by atoms with Crippen molar-refractivity contribution in [2.75, 3.05) is 13.7 Å². The first-order chi connectivity index (χ1) is 13.0. The van der Waals surface area contributed by atoms with E-state index in [1.807, 2.05) is 25.1 Å². The fourth-order valence-corrected chi connectivity index (χ4v) is 3.69. The second-order valence-electron chi connectivity index (χ2n) is 5.46. The van der Waals surface area contributed by atoms with Crippen molar-refractivity contribution in [2.45, 2.75) is 6.92 Å². The predicted octanol–water partition coefficient (Wildman–Crippen LogP) is 4.97. The molecular formula is C19H16BrIN2O4. The average Bonchev–Trinajstić information content (AvgIpc) is 3.05. The number of nitrogens with one attached hydrogen (secondary N) is 1. The maximum Gasteiger partial charge on any atom is 0.307 e. The van der Waals surface area contributed by atoms with Crippen LogP contribution in [-0.4, -0.2) is 25.8 Å². The van der Waals surface area contributed by atoms with E-state index in [9.17, 15) is 4.79 Å². The molecule has 0 spiro atoms. The lowest BCUT2D eigenvalue weighted by Crippen LogP contribution is -2.16. The number of methoxy groups -OCH3 is 1. The van der Waals surface area contributed by atoms with Crippen molar-refractivity contribution in [1.29, 1.82) is 0 Å². The van der Waals surface area contributed by atoms with Gasteiger partial charge in [0.15, 0.2) is 17.3 Å². The van der Waals surface area contributed by atoms with Gasteiger partial charge in [-0.05, 0) is 71.5 Å². The molecule has 1 amide bonds. The molecule has 1 heterocycles. The maximum absolute atomic E-state index is 12.2. The van der Waals surface area contributed by atoms with Crippen LogP contribution < -0.4 is 14.9 Å². The highest BCUT2D eigenvalue weighted by Gasteiger charge is 2.13. The summed E-state index contributed by atoms with van der Waals surface area (Å²) in [6.45, 7) is 2.42. The zero-order valence-corrected chi connectivity index (χ0v) is 18.3. The van der Waals surface area contributed by atoms with Crippen LogP contribution in [-0.2, 0) is 0 Å². The molecule has 0 fully saturated rings. The molecule has 0 unspecified atom stereocenters. The topological polar surface area (TPSA) is 73.1 Å². The van der Waals surface area contributed by atoms with Crippen LogP contribution in [0.1, 0.15) is 23.0 Å². The summed E-state index contributed by atoms with van der Waals surface area (Å²) in [6.07, 6.45) is 1.54. The summed E-state index contributed by atoms with van der Waals surface area (Å²) in [7, 11) is 1.60. The Labute approximate surface area is 178 Å². The second-order valence-corrected chi connectivity index (χ2v) is 7.54. The van der Waals surface area contributed by atoms with Crippen molar-refractivity contribution < 1.29 is 18.7 Å². The van der Waals surface area contributed by atoms with E-state index < -0.39 is 5.91 Å². The van der Waals surface area contributed by atoms with Crippen molar-refractivity contribution in [3.05, 3.63) is 55.8 Å². The van der Waals surface area contributed by atoms with Crippen LogP contribution in [0.3, 0.4) is 0 Å². The number of rotatable bonds is 6. The Bertz CT molecular complexity index is 1020. The number of furan rings is 1. The van der Waals surface area contributed by atoms with Gasteiger partial charge in [0.05, 0.1) is 23.5 Å². The largest absolute Gasteiger partial charge is 0.492 e. The molecular weight excluding hydrogens is 527 g/mol. The van der Waals surface area contributed by atoms with Crippen LogP contribution in [0.25, 0.3) is 11.0 Å². The van der Waals surface area contributed by atoms with E-state index >= 15 is 0 Å². The standard InChI is InChI=1S/C19H16BrIN2O4/c1-3-26-16-7-11(6-14(21)18(16)25-2)10-22-23-19(24)17-9-12-8-13(20)4-5-15(12)27-17/h4-10H,3H2,1-2H3,(H,23,24)/b22-10+. The third-order valence-corrected chi connectivity index (χ3v) is 4.91. The van der Waals surface area contributed by atoms with E-state index in [4.69, 9.17) is 13.9 Å². The van der Waals surface area contributed by atoms with Crippen LogP contribution in [0.5, 0.6) is 11.5 Å². The Morgan fingerprint density at radius 3 is 2.89 bits per heavy atom. The van der Waals surface area contributed by atoms with E-state index in [2.05, 4.69) is 49.0 Å². The lowest BCUT2D eigenvalue weighted by molar-refractivity contribution is 0.0929. The van der Waals surface area contributed by atoms with E-state index in [0.717, 1.165) is 19.0 Å². The van der Waals surface area contributed by atoms with E-state index in [0.29, 0.717) is 23.7 Å². The van der Waals surface area contributed by atoms with Gasteiger partial charge >= 0.3 is 5.91 Å². The zero-order valence-electron chi connectivity index (χ0n) is 14.6. The fraction of sp³-hybridized carbons (Fsp3) is 0.158. The van der Waals surface area contributed by atoms with Crippen molar-refractivity contribution in [2.24, 2.45) is 5.10 Å². The molecule has 1 aromatic heterocycles. The summed E-state index contributed by atoms with van der Waals surface area (Å²) in [5.74, 6) is 1.07. The number of carbonyl (C=O) groups is 1. The molecule has 0 saturated carbocycles. The summed E-state index contributed by atoms with van der Waals surface area (Å²) >= 11 is 5.56. The number of ether oxygens (including phenoxy) is 2. The lowest BCUT2D eigenvalue weighted by atomic mass is 10.2. The van der Waals surface area contributed by atoms with Crippen LogP contribution in [0.4, 0.5) is 0 Å². The second kappa shape index (κ2) is 8.75. The normalized spacial score (nSPS) is 11.1. The quantitative estimate of drug-likeness (QED) is 0.271.